The summed E-state index contributed by atoms with van der Waals surface area (Å²) < 4.78 is 2.00. The van der Waals surface area contributed by atoms with E-state index in [2.05, 4.69) is 31.1 Å². The number of pyridine rings is 1. The summed E-state index contributed by atoms with van der Waals surface area (Å²) in [6, 6.07) is 15.2. The Kier molecular flexibility index (Phi) is 4.21. The molecule has 3 aromatic rings. The van der Waals surface area contributed by atoms with E-state index in [1.807, 2.05) is 59.4 Å². The fourth-order valence-corrected chi connectivity index (χ4v) is 2.41. The summed E-state index contributed by atoms with van der Waals surface area (Å²) in [5.41, 5.74) is 3.30. The van der Waals surface area contributed by atoms with Gasteiger partial charge in [0.25, 0.3) is 5.91 Å². The van der Waals surface area contributed by atoms with Gasteiger partial charge in [-0.05, 0) is 48.5 Å². The lowest BCUT2D eigenvalue weighted by molar-refractivity contribution is 0.102. The summed E-state index contributed by atoms with van der Waals surface area (Å²) in [7, 11) is 0. The third-order valence-corrected chi connectivity index (χ3v) is 3.82. The van der Waals surface area contributed by atoms with Crippen LogP contribution in [0.15, 0.2) is 67.1 Å². The molecule has 0 aliphatic heterocycles. The number of anilines is 1. The largest absolute Gasteiger partial charge is 0.324 e. The van der Waals surface area contributed by atoms with Crippen LogP contribution in [0.1, 0.15) is 36.8 Å². The highest BCUT2D eigenvalue weighted by molar-refractivity contribution is 6.04. The monoisotopic (exact) mass is 319 g/mol. The van der Waals surface area contributed by atoms with E-state index in [1.54, 1.807) is 12.3 Å². The number of benzene rings is 1. The van der Waals surface area contributed by atoms with E-state index >= 15 is 0 Å². The Morgan fingerprint density at radius 3 is 2.33 bits per heavy atom. The number of carbonyl (C=O) groups excluding carboxylic acids is 1. The first-order valence-corrected chi connectivity index (χ1v) is 7.95. The number of nitrogens with one attached hydrogen (secondary N) is 1. The standard InChI is InChI=1S/C20H21N3O/c1-20(2,3)18-14-16(10-11-21-18)22-19(24)15-6-8-17(9-7-15)23-12-4-5-13-23/h4-14H,1-3H3,(H,21,22,24). The zero-order valence-electron chi connectivity index (χ0n) is 14.2. The molecule has 1 aromatic carbocycles. The molecular formula is C20H21N3O. The molecule has 3 rings (SSSR count). The van der Waals surface area contributed by atoms with Crippen LogP contribution in [0.25, 0.3) is 5.69 Å². The average Bonchev–Trinajstić information content (AvgIpc) is 3.09. The van der Waals surface area contributed by atoms with Gasteiger partial charge in [-0.3, -0.25) is 9.78 Å². The summed E-state index contributed by atoms with van der Waals surface area (Å²) in [6.07, 6.45) is 5.67. The van der Waals surface area contributed by atoms with Crippen LogP contribution >= 0.6 is 0 Å². The number of amides is 1. The van der Waals surface area contributed by atoms with Gasteiger partial charge in [-0.25, -0.2) is 0 Å². The first-order chi connectivity index (χ1) is 11.4. The first-order valence-electron chi connectivity index (χ1n) is 7.95. The highest BCUT2D eigenvalue weighted by atomic mass is 16.1. The molecule has 0 atom stereocenters. The van der Waals surface area contributed by atoms with Gasteiger partial charge in [-0.15, -0.1) is 0 Å². The molecule has 0 aliphatic rings. The van der Waals surface area contributed by atoms with Crippen molar-refractivity contribution in [3.05, 3.63) is 78.4 Å². The molecule has 0 aliphatic carbocycles. The Morgan fingerprint density at radius 1 is 1.04 bits per heavy atom. The zero-order valence-corrected chi connectivity index (χ0v) is 14.2. The van der Waals surface area contributed by atoms with Crippen LogP contribution in [-0.2, 0) is 5.41 Å². The molecule has 1 N–H and O–H groups in total. The molecule has 0 fully saturated rings. The number of hydrogen-bond donors (Lipinski definition) is 1. The van der Waals surface area contributed by atoms with Crippen molar-refractivity contribution in [3.63, 3.8) is 0 Å². The Morgan fingerprint density at radius 2 is 1.71 bits per heavy atom. The normalized spacial score (nSPS) is 11.3. The Balaban J connectivity index is 1.76. The van der Waals surface area contributed by atoms with Crippen molar-refractivity contribution < 1.29 is 4.79 Å². The van der Waals surface area contributed by atoms with Gasteiger partial charge in [0.05, 0.1) is 0 Å². The van der Waals surface area contributed by atoms with E-state index in [0.717, 1.165) is 17.1 Å². The number of hydrogen-bond acceptors (Lipinski definition) is 2. The van der Waals surface area contributed by atoms with Crippen molar-refractivity contribution in [2.24, 2.45) is 0 Å². The van der Waals surface area contributed by atoms with Crippen LogP contribution in [-0.4, -0.2) is 15.5 Å². The van der Waals surface area contributed by atoms with Gasteiger partial charge in [0, 0.05) is 46.6 Å². The number of nitrogens with zero attached hydrogens (tertiary/aromatic N) is 2. The van der Waals surface area contributed by atoms with Gasteiger partial charge < -0.3 is 9.88 Å². The third kappa shape index (κ3) is 3.54. The molecule has 122 valence electrons. The lowest BCUT2D eigenvalue weighted by Gasteiger charge is -2.18. The van der Waals surface area contributed by atoms with E-state index in [0.29, 0.717) is 5.56 Å². The van der Waals surface area contributed by atoms with Gasteiger partial charge in [0.2, 0.25) is 0 Å². The number of carbonyl (C=O) groups is 1. The maximum atomic E-state index is 12.4. The summed E-state index contributed by atoms with van der Waals surface area (Å²) in [4.78, 5) is 16.8. The second-order valence-corrected chi connectivity index (χ2v) is 6.77. The molecule has 0 saturated carbocycles. The number of aromatic nitrogens is 2. The molecule has 0 spiro atoms. The first kappa shape index (κ1) is 16.0. The van der Waals surface area contributed by atoms with E-state index in [1.165, 1.54) is 0 Å². The van der Waals surface area contributed by atoms with Crippen LogP contribution in [0.4, 0.5) is 5.69 Å². The van der Waals surface area contributed by atoms with Gasteiger partial charge >= 0.3 is 0 Å². The van der Waals surface area contributed by atoms with E-state index in [9.17, 15) is 4.79 Å². The van der Waals surface area contributed by atoms with Crippen LogP contribution in [0.5, 0.6) is 0 Å². The van der Waals surface area contributed by atoms with Crippen molar-refractivity contribution in [1.82, 2.24) is 9.55 Å². The van der Waals surface area contributed by atoms with Gasteiger partial charge in [0.1, 0.15) is 0 Å². The fourth-order valence-electron chi connectivity index (χ4n) is 2.41. The topological polar surface area (TPSA) is 46.9 Å². The fraction of sp³-hybridized carbons (Fsp3) is 0.200. The molecule has 1 amide bonds. The van der Waals surface area contributed by atoms with Crippen molar-refractivity contribution in [2.75, 3.05) is 5.32 Å². The average molecular weight is 319 g/mol. The van der Waals surface area contributed by atoms with Crippen LogP contribution in [0.3, 0.4) is 0 Å². The second kappa shape index (κ2) is 6.32. The molecular weight excluding hydrogens is 298 g/mol. The van der Waals surface area contributed by atoms with Crippen LogP contribution < -0.4 is 5.32 Å². The number of rotatable bonds is 3. The highest BCUT2D eigenvalue weighted by Crippen LogP contribution is 2.22. The van der Waals surface area contributed by atoms with E-state index in [4.69, 9.17) is 0 Å². The van der Waals surface area contributed by atoms with Gasteiger partial charge in [-0.2, -0.15) is 0 Å². The predicted octanol–water partition coefficient (Wildman–Crippen LogP) is 4.42. The molecule has 4 heteroatoms. The zero-order chi connectivity index (χ0) is 17.2. The Bertz CT molecular complexity index is 828. The minimum absolute atomic E-state index is 0.0564. The SMILES string of the molecule is CC(C)(C)c1cc(NC(=O)c2ccc(-n3cccc3)cc2)ccn1. The lowest BCUT2D eigenvalue weighted by Crippen LogP contribution is -2.16. The quantitative estimate of drug-likeness (QED) is 0.776. The lowest BCUT2D eigenvalue weighted by atomic mass is 9.91. The molecule has 2 aromatic heterocycles. The molecule has 0 bridgehead atoms. The molecule has 0 unspecified atom stereocenters. The van der Waals surface area contributed by atoms with Crippen LogP contribution in [0, 0.1) is 0 Å². The van der Waals surface area contributed by atoms with E-state index < -0.39 is 0 Å². The van der Waals surface area contributed by atoms with Gasteiger partial charge in [-0.1, -0.05) is 20.8 Å². The maximum absolute atomic E-state index is 12.4. The smallest absolute Gasteiger partial charge is 0.255 e. The van der Waals surface area contributed by atoms with Crippen molar-refractivity contribution in [3.8, 4) is 5.69 Å². The molecule has 0 radical (unpaired) electrons. The molecule has 4 nitrogen and oxygen atoms in total. The Labute approximate surface area is 142 Å². The minimum atomic E-state index is -0.125. The minimum Gasteiger partial charge on any atom is -0.324 e. The van der Waals surface area contributed by atoms with Crippen molar-refractivity contribution >= 4 is 11.6 Å². The summed E-state index contributed by atoms with van der Waals surface area (Å²) in [5.74, 6) is -0.125. The summed E-state index contributed by atoms with van der Waals surface area (Å²) in [5, 5.41) is 2.94. The second-order valence-electron chi connectivity index (χ2n) is 6.77. The van der Waals surface area contributed by atoms with Gasteiger partial charge in [0.15, 0.2) is 0 Å². The summed E-state index contributed by atoms with van der Waals surface area (Å²) >= 11 is 0. The van der Waals surface area contributed by atoms with Crippen molar-refractivity contribution in [2.45, 2.75) is 26.2 Å². The van der Waals surface area contributed by atoms with Crippen LogP contribution in [0.2, 0.25) is 0 Å². The molecule has 24 heavy (non-hydrogen) atoms. The third-order valence-electron chi connectivity index (χ3n) is 3.82. The Hall–Kier alpha value is -2.88. The highest BCUT2D eigenvalue weighted by Gasteiger charge is 2.16. The van der Waals surface area contributed by atoms with Crippen molar-refractivity contribution in [1.29, 1.82) is 0 Å². The predicted molar refractivity (Wildman–Crippen MR) is 96.7 cm³/mol. The molecule has 0 saturated heterocycles. The summed E-state index contributed by atoms with van der Waals surface area (Å²) in [6.45, 7) is 6.29. The van der Waals surface area contributed by atoms with E-state index in [-0.39, 0.29) is 11.3 Å². The molecule has 2 heterocycles. The maximum Gasteiger partial charge on any atom is 0.255 e.